The van der Waals surface area contributed by atoms with Crippen LogP contribution >= 0.6 is 0 Å². The number of hydrogen-bond acceptors (Lipinski definition) is 3. The summed E-state index contributed by atoms with van der Waals surface area (Å²) in [4.78, 5) is 2.70. The van der Waals surface area contributed by atoms with E-state index in [9.17, 15) is 13.2 Å². The first-order valence-corrected chi connectivity index (χ1v) is 7.66. The topological polar surface area (TPSA) is 18.5 Å². The van der Waals surface area contributed by atoms with Gasteiger partial charge in [0.2, 0.25) is 0 Å². The lowest BCUT2D eigenvalue weighted by atomic mass is 10.1. The Morgan fingerprint density at radius 2 is 1.26 bits per heavy atom. The van der Waals surface area contributed by atoms with E-state index in [1.807, 2.05) is 63.1 Å². The third-order valence-corrected chi connectivity index (χ3v) is 5.76. The van der Waals surface area contributed by atoms with Gasteiger partial charge in [0, 0.05) is 23.5 Å². The van der Waals surface area contributed by atoms with E-state index in [4.69, 9.17) is 0 Å². The third kappa shape index (κ3) is 4.41. The lowest BCUT2D eigenvalue weighted by molar-refractivity contribution is -0.122. The number of nitrogens with one attached hydrogen (secondary N) is 1. The maximum Gasteiger partial charge on any atom is 0.400 e. The predicted molar refractivity (Wildman–Crippen MR) is 72.1 cm³/mol. The zero-order chi connectivity index (χ0) is 15.1. The van der Waals surface area contributed by atoms with Crippen LogP contribution in [0.3, 0.4) is 0 Å². The molecule has 0 aliphatic carbocycles. The van der Waals surface area contributed by atoms with E-state index in [-0.39, 0.29) is 11.1 Å². The highest BCUT2D eigenvalue weighted by Crippen LogP contribution is 2.27. The fourth-order valence-corrected chi connectivity index (χ4v) is 4.44. The van der Waals surface area contributed by atoms with Crippen LogP contribution in [0.25, 0.3) is 0 Å². The van der Waals surface area contributed by atoms with Crippen LogP contribution < -0.4 is 4.98 Å². The molecule has 0 fully saturated rings. The van der Waals surface area contributed by atoms with E-state index in [0.717, 1.165) is 0 Å². The molecule has 1 N–H and O–H groups in total. The SMILES string of the molecule is CC(C)(C)N1C=CN(C(C)(C)C)[Si]1NCC(F)(F)F. The molecule has 0 amide bonds. The number of alkyl halides is 3. The van der Waals surface area contributed by atoms with E-state index in [0.29, 0.717) is 0 Å². The van der Waals surface area contributed by atoms with Crippen LogP contribution in [0.4, 0.5) is 13.2 Å². The highest BCUT2D eigenvalue weighted by Gasteiger charge is 2.43. The molecule has 1 aliphatic heterocycles. The number of rotatable bonds is 2. The molecule has 0 saturated heterocycles. The van der Waals surface area contributed by atoms with Crippen molar-refractivity contribution >= 4 is 9.28 Å². The minimum Gasteiger partial charge on any atom is -0.368 e. The van der Waals surface area contributed by atoms with Gasteiger partial charge in [0.25, 0.3) is 0 Å². The van der Waals surface area contributed by atoms with Crippen molar-refractivity contribution in [1.82, 2.24) is 14.1 Å². The Labute approximate surface area is 115 Å². The molecule has 0 spiro atoms. The molecule has 0 aromatic heterocycles. The molecule has 0 saturated carbocycles. The summed E-state index contributed by atoms with van der Waals surface area (Å²) in [6, 6.07) is 0. The van der Waals surface area contributed by atoms with Crippen LogP contribution in [0.15, 0.2) is 12.4 Å². The molecule has 19 heavy (non-hydrogen) atoms. The third-order valence-electron chi connectivity index (χ3n) is 2.71. The number of hydrogen-bond donors (Lipinski definition) is 1. The van der Waals surface area contributed by atoms with Gasteiger partial charge in [-0.3, -0.25) is 4.98 Å². The molecule has 7 heteroatoms. The van der Waals surface area contributed by atoms with Gasteiger partial charge in [-0.2, -0.15) is 13.2 Å². The van der Waals surface area contributed by atoms with Crippen LogP contribution in [0.2, 0.25) is 0 Å². The van der Waals surface area contributed by atoms with Gasteiger partial charge in [-0.05, 0) is 41.5 Å². The summed E-state index contributed by atoms with van der Waals surface area (Å²) in [5.74, 6) is 0. The predicted octanol–water partition coefficient (Wildman–Crippen LogP) is 2.81. The van der Waals surface area contributed by atoms with E-state index in [2.05, 4.69) is 4.98 Å². The van der Waals surface area contributed by atoms with Crippen LogP contribution in [0, 0.1) is 0 Å². The average Bonchev–Trinajstić information content (AvgIpc) is 2.54. The summed E-state index contributed by atoms with van der Waals surface area (Å²) < 4.78 is 41.4. The molecule has 1 aliphatic rings. The first-order chi connectivity index (χ1) is 8.32. The van der Waals surface area contributed by atoms with Gasteiger partial charge in [-0.15, -0.1) is 0 Å². The Balaban J connectivity index is 2.89. The second kappa shape index (κ2) is 5.01. The summed E-state index contributed by atoms with van der Waals surface area (Å²) in [7, 11) is -1.65. The molecule has 1 rings (SSSR count). The molecular formula is C12H23F3N3Si. The molecule has 0 aromatic carbocycles. The van der Waals surface area contributed by atoms with Crippen molar-refractivity contribution in [3.63, 3.8) is 0 Å². The summed E-state index contributed by atoms with van der Waals surface area (Å²) in [5, 5.41) is 0. The minimum atomic E-state index is -4.19. The fourth-order valence-electron chi connectivity index (χ4n) is 1.82. The quantitative estimate of drug-likeness (QED) is 0.790. The molecule has 1 radical (unpaired) electrons. The Morgan fingerprint density at radius 3 is 1.53 bits per heavy atom. The van der Waals surface area contributed by atoms with Crippen molar-refractivity contribution in [3.05, 3.63) is 12.4 Å². The van der Waals surface area contributed by atoms with Gasteiger partial charge in [-0.1, -0.05) is 0 Å². The van der Waals surface area contributed by atoms with E-state index >= 15 is 0 Å². The van der Waals surface area contributed by atoms with Crippen molar-refractivity contribution in [2.45, 2.75) is 58.8 Å². The average molecular weight is 294 g/mol. The Bertz CT molecular complexity index is 318. The monoisotopic (exact) mass is 294 g/mol. The van der Waals surface area contributed by atoms with Gasteiger partial charge in [0.1, 0.15) is 0 Å². The van der Waals surface area contributed by atoms with Crippen molar-refractivity contribution < 1.29 is 13.2 Å². The summed E-state index contributed by atoms with van der Waals surface area (Å²) >= 11 is 0. The molecule has 111 valence electrons. The Kier molecular flexibility index (Phi) is 4.31. The van der Waals surface area contributed by atoms with Crippen molar-refractivity contribution in [2.24, 2.45) is 0 Å². The Morgan fingerprint density at radius 1 is 0.895 bits per heavy atom. The van der Waals surface area contributed by atoms with Crippen molar-refractivity contribution in [1.29, 1.82) is 0 Å². The van der Waals surface area contributed by atoms with Gasteiger partial charge in [-0.25, -0.2) is 0 Å². The normalized spacial score (nSPS) is 18.6. The molecule has 1 heterocycles. The van der Waals surface area contributed by atoms with Crippen LogP contribution in [0.5, 0.6) is 0 Å². The van der Waals surface area contributed by atoms with E-state index in [1.165, 1.54) is 0 Å². The van der Waals surface area contributed by atoms with Crippen LogP contribution in [-0.2, 0) is 0 Å². The lowest BCUT2D eigenvalue weighted by Crippen LogP contribution is -2.64. The summed E-state index contributed by atoms with van der Waals surface area (Å²) in [5.41, 5.74) is -0.410. The van der Waals surface area contributed by atoms with Gasteiger partial charge < -0.3 is 9.13 Å². The second-order valence-electron chi connectivity index (χ2n) is 6.67. The summed E-state index contributed by atoms with van der Waals surface area (Å²) in [6.07, 6.45) is -0.404. The number of halogens is 3. The van der Waals surface area contributed by atoms with Crippen molar-refractivity contribution in [3.8, 4) is 0 Å². The number of nitrogens with zero attached hydrogens (tertiary/aromatic N) is 2. The molecule has 0 bridgehead atoms. The highest BCUT2D eigenvalue weighted by atomic mass is 28.3. The maximum atomic E-state index is 12.5. The maximum absolute atomic E-state index is 12.5. The van der Waals surface area contributed by atoms with E-state index in [1.54, 1.807) is 0 Å². The zero-order valence-corrected chi connectivity index (χ0v) is 13.4. The first kappa shape index (κ1) is 16.4. The van der Waals surface area contributed by atoms with Gasteiger partial charge >= 0.3 is 15.5 Å². The molecule has 0 aromatic rings. The van der Waals surface area contributed by atoms with Crippen molar-refractivity contribution in [2.75, 3.05) is 6.54 Å². The minimum absolute atomic E-state index is 0.205. The molecule has 0 atom stereocenters. The second-order valence-corrected chi connectivity index (χ2v) is 8.64. The first-order valence-electron chi connectivity index (χ1n) is 6.27. The smallest absolute Gasteiger partial charge is 0.368 e. The van der Waals surface area contributed by atoms with E-state index < -0.39 is 22.0 Å². The molecular weight excluding hydrogens is 271 g/mol. The lowest BCUT2D eigenvalue weighted by Gasteiger charge is -2.43. The van der Waals surface area contributed by atoms with Crippen LogP contribution in [0.1, 0.15) is 41.5 Å². The Hall–Kier alpha value is -0.693. The van der Waals surface area contributed by atoms with Gasteiger partial charge in [0.05, 0.1) is 6.54 Å². The zero-order valence-electron chi connectivity index (χ0n) is 12.4. The standard InChI is InChI=1S/C12H23F3N3Si/c1-10(2,3)17-7-8-18(11(4,5)6)19(17)16-9-12(13,14)15/h7-8,16H,9H2,1-6H3. The van der Waals surface area contributed by atoms with Gasteiger partial charge in [0.15, 0.2) is 0 Å². The largest absolute Gasteiger partial charge is 0.400 e. The fraction of sp³-hybridized carbons (Fsp3) is 0.833. The molecule has 3 nitrogen and oxygen atoms in total. The van der Waals surface area contributed by atoms with Crippen LogP contribution in [-0.4, -0.2) is 42.2 Å². The molecule has 0 unspecified atom stereocenters. The summed E-state index contributed by atoms with van der Waals surface area (Å²) in [6.45, 7) is 11.1. The highest BCUT2D eigenvalue weighted by molar-refractivity contribution is 6.51.